The summed E-state index contributed by atoms with van der Waals surface area (Å²) >= 11 is 0. The number of methoxy groups -OCH3 is 1. The minimum atomic E-state index is -0.882. The van der Waals surface area contributed by atoms with Crippen LogP contribution in [0.5, 0.6) is 5.75 Å². The van der Waals surface area contributed by atoms with Gasteiger partial charge in [-0.2, -0.15) is 0 Å². The van der Waals surface area contributed by atoms with Gasteiger partial charge in [-0.1, -0.05) is 12.1 Å². The van der Waals surface area contributed by atoms with Crippen LogP contribution in [0.25, 0.3) is 5.57 Å². The lowest BCUT2D eigenvalue weighted by molar-refractivity contribution is -0.115. The molecule has 0 radical (unpaired) electrons. The van der Waals surface area contributed by atoms with E-state index in [9.17, 15) is 14.7 Å². The van der Waals surface area contributed by atoms with Gasteiger partial charge in [-0.15, -0.1) is 0 Å². The number of carbonyl (C=O) groups excluding carboxylic acids is 2. The molecule has 0 fully saturated rings. The fourth-order valence-electron chi connectivity index (χ4n) is 2.86. The van der Waals surface area contributed by atoms with Crippen molar-refractivity contribution in [3.8, 4) is 5.75 Å². The smallest absolute Gasteiger partial charge is 0.190 e. The van der Waals surface area contributed by atoms with Crippen LogP contribution in [0.1, 0.15) is 46.1 Å². The second kappa shape index (κ2) is 6.73. The minimum absolute atomic E-state index is 0.105. The second-order valence-electron chi connectivity index (χ2n) is 6.80. The molecule has 0 saturated heterocycles. The maximum Gasteiger partial charge on any atom is 0.190 e. The fourth-order valence-corrected chi connectivity index (χ4v) is 2.86. The van der Waals surface area contributed by atoms with Gasteiger partial charge in [0.05, 0.1) is 12.7 Å². The second-order valence-corrected chi connectivity index (χ2v) is 6.80. The summed E-state index contributed by atoms with van der Waals surface area (Å²) in [6, 6.07) is 7.12. The standard InChI is InChI=1S/C20H24O4/c1-12-16(10-11-20(3,4)23)19(22)17(13(2)18(12)21)14-6-8-15(24-5)9-7-14/h6-9,23H,10-11H2,1-5H3. The van der Waals surface area contributed by atoms with E-state index >= 15 is 0 Å². The summed E-state index contributed by atoms with van der Waals surface area (Å²) in [5, 5.41) is 9.93. The van der Waals surface area contributed by atoms with Crippen molar-refractivity contribution in [2.24, 2.45) is 0 Å². The molecule has 0 bridgehead atoms. The molecule has 0 heterocycles. The van der Waals surface area contributed by atoms with E-state index in [0.29, 0.717) is 46.4 Å². The molecule has 1 aromatic rings. The van der Waals surface area contributed by atoms with E-state index in [1.807, 2.05) is 0 Å². The number of benzene rings is 1. The van der Waals surface area contributed by atoms with E-state index in [4.69, 9.17) is 4.74 Å². The minimum Gasteiger partial charge on any atom is -0.497 e. The molecule has 0 saturated carbocycles. The predicted molar refractivity (Wildman–Crippen MR) is 93.8 cm³/mol. The zero-order chi connectivity index (χ0) is 18.1. The van der Waals surface area contributed by atoms with Gasteiger partial charge < -0.3 is 9.84 Å². The molecule has 1 aromatic carbocycles. The van der Waals surface area contributed by atoms with Crippen LogP contribution in [0.15, 0.2) is 41.0 Å². The number of ether oxygens (including phenoxy) is 1. The molecule has 24 heavy (non-hydrogen) atoms. The van der Waals surface area contributed by atoms with Crippen LogP contribution in [-0.2, 0) is 9.59 Å². The van der Waals surface area contributed by atoms with Gasteiger partial charge in [0, 0.05) is 22.3 Å². The number of ketones is 2. The third kappa shape index (κ3) is 3.65. The largest absolute Gasteiger partial charge is 0.497 e. The van der Waals surface area contributed by atoms with Gasteiger partial charge in [0.1, 0.15) is 5.75 Å². The molecule has 0 spiro atoms. The lowest BCUT2D eigenvalue weighted by Crippen LogP contribution is -2.24. The summed E-state index contributed by atoms with van der Waals surface area (Å²) in [5.41, 5.74) is 1.72. The van der Waals surface area contributed by atoms with Crippen LogP contribution < -0.4 is 4.74 Å². The molecular formula is C20H24O4. The number of allylic oxidation sites excluding steroid dienone is 4. The molecule has 1 N–H and O–H groups in total. The van der Waals surface area contributed by atoms with Gasteiger partial charge >= 0.3 is 0 Å². The Labute approximate surface area is 142 Å². The molecule has 0 aliphatic heterocycles. The lowest BCUT2D eigenvalue weighted by atomic mass is 9.80. The van der Waals surface area contributed by atoms with Crippen molar-refractivity contribution in [1.29, 1.82) is 0 Å². The Morgan fingerprint density at radius 1 is 1.00 bits per heavy atom. The van der Waals surface area contributed by atoms with Gasteiger partial charge in [0.2, 0.25) is 0 Å². The van der Waals surface area contributed by atoms with Crippen LogP contribution in [0.2, 0.25) is 0 Å². The first-order valence-corrected chi connectivity index (χ1v) is 8.02. The van der Waals surface area contributed by atoms with Crippen molar-refractivity contribution in [3.63, 3.8) is 0 Å². The van der Waals surface area contributed by atoms with Crippen LogP contribution >= 0.6 is 0 Å². The molecule has 128 valence electrons. The molecule has 1 aliphatic rings. The van der Waals surface area contributed by atoms with E-state index in [0.717, 1.165) is 0 Å². The highest BCUT2D eigenvalue weighted by Crippen LogP contribution is 2.34. The molecule has 0 atom stereocenters. The third-order valence-corrected chi connectivity index (χ3v) is 4.38. The molecule has 0 amide bonds. The van der Waals surface area contributed by atoms with Crippen LogP contribution in [0.3, 0.4) is 0 Å². The number of hydrogen-bond acceptors (Lipinski definition) is 4. The van der Waals surface area contributed by atoms with Crippen molar-refractivity contribution in [2.75, 3.05) is 7.11 Å². The zero-order valence-corrected chi connectivity index (χ0v) is 14.9. The van der Waals surface area contributed by atoms with Crippen LogP contribution in [-0.4, -0.2) is 29.4 Å². The Kier molecular flexibility index (Phi) is 5.09. The number of aliphatic hydroxyl groups is 1. The zero-order valence-electron chi connectivity index (χ0n) is 14.9. The van der Waals surface area contributed by atoms with Crippen molar-refractivity contribution >= 4 is 17.1 Å². The highest BCUT2D eigenvalue weighted by molar-refractivity contribution is 6.39. The fraction of sp³-hybridized carbons (Fsp3) is 0.400. The SMILES string of the molecule is COc1ccc(C2=C(C)C(=O)C(C)=C(CCC(C)(C)O)C2=O)cc1. The van der Waals surface area contributed by atoms with Gasteiger partial charge in [-0.05, 0) is 58.2 Å². The molecular weight excluding hydrogens is 304 g/mol. The average Bonchev–Trinajstić information content (AvgIpc) is 2.52. The summed E-state index contributed by atoms with van der Waals surface area (Å²) in [5.74, 6) is 0.464. The van der Waals surface area contributed by atoms with Gasteiger partial charge in [-0.3, -0.25) is 9.59 Å². The van der Waals surface area contributed by atoms with E-state index in [1.165, 1.54) is 0 Å². The van der Waals surface area contributed by atoms with Gasteiger partial charge in [-0.25, -0.2) is 0 Å². The molecule has 4 nitrogen and oxygen atoms in total. The number of Topliss-reactive ketones (excluding diaryl/α,β-unsaturated/α-hetero) is 2. The van der Waals surface area contributed by atoms with Crippen LogP contribution in [0, 0.1) is 0 Å². The Morgan fingerprint density at radius 2 is 1.58 bits per heavy atom. The highest BCUT2D eigenvalue weighted by atomic mass is 16.5. The lowest BCUT2D eigenvalue weighted by Gasteiger charge is -2.23. The van der Waals surface area contributed by atoms with E-state index < -0.39 is 5.60 Å². The summed E-state index contributed by atoms with van der Waals surface area (Å²) in [7, 11) is 1.58. The predicted octanol–water partition coefficient (Wildman–Crippen LogP) is 3.49. The Morgan fingerprint density at radius 3 is 2.08 bits per heavy atom. The Balaban J connectivity index is 2.41. The summed E-state index contributed by atoms with van der Waals surface area (Å²) in [6.45, 7) is 6.78. The Bertz CT molecular complexity index is 728. The van der Waals surface area contributed by atoms with Gasteiger partial charge in [0.15, 0.2) is 11.6 Å². The topological polar surface area (TPSA) is 63.6 Å². The quantitative estimate of drug-likeness (QED) is 0.841. The first kappa shape index (κ1) is 18.1. The van der Waals surface area contributed by atoms with Crippen molar-refractivity contribution in [2.45, 2.75) is 46.1 Å². The normalized spacial score (nSPS) is 16.1. The van der Waals surface area contributed by atoms with E-state index in [2.05, 4.69) is 0 Å². The van der Waals surface area contributed by atoms with Gasteiger partial charge in [0.25, 0.3) is 0 Å². The third-order valence-electron chi connectivity index (χ3n) is 4.38. The number of hydrogen-bond donors (Lipinski definition) is 1. The molecule has 0 unspecified atom stereocenters. The highest BCUT2D eigenvalue weighted by Gasteiger charge is 2.31. The van der Waals surface area contributed by atoms with Crippen molar-refractivity contribution < 1.29 is 19.4 Å². The summed E-state index contributed by atoms with van der Waals surface area (Å²) in [4.78, 5) is 25.5. The number of carbonyl (C=O) groups is 2. The molecule has 1 aliphatic carbocycles. The van der Waals surface area contributed by atoms with Crippen LogP contribution in [0.4, 0.5) is 0 Å². The first-order valence-electron chi connectivity index (χ1n) is 8.02. The van der Waals surface area contributed by atoms with Crippen molar-refractivity contribution in [1.82, 2.24) is 0 Å². The Hall–Kier alpha value is -2.20. The monoisotopic (exact) mass is 328 g/mol. The summed E-state index contributed by atoms with van der Waals surface area (Å²) in [6.07, 6.45) is 0.806. The maximum absolute atomic E-state index is 13.0. The van der Waals surface area contributed by atoms with E-state index in [-0.39, 0.29) is 11.6 Å². The number of rotatable bonds is 5. The summed E-state index contributed by atoms with van der Waals surface area (Å²) < 4.78 is 5.14. The molecule has 4 heteroatoms. The first-order chi connectivity index (χ1) is 11.2. The maximum atomic E-state index is 13.0. The average molecular weight is 328 g/mol. The van der Waals surface area contributed by atoms with E-state index in [1.54, 1.807) is 59.1 Å². The molecule has 0 aromatic heterocycles. The van der Waals surface area contributed by atoms with Crippen molar-refractivity contribution in [3.05, 3.63) is 46.5 Å². The molecule has 2 rings (SSSR count).